The fourth-order valence-corrected chi connectivity index (χ4v) is 22.2. The molecule has 6 aliphatic rings. The zero-order chi connectivity index (χ0) is 63.8. The highest BCUT2D eigenvalue weighted by Crippen LogP contribution is 2.48. The minimum absolute atomic E-state index is 0.00219. The van der Waals surface area contributed by atoms with Gasteiger partial charge in [-0.1, -0.05) is 67.5 Å². The van der Waals surface area contributed by atoms with Crippen LogP contribution in [0.3, 0.4) is 0 Å². The molecule has 3 amide bonds. The third-order valence-corrected chi connectivity index (χ3v) is 27.8. The number of anilines is 1. The van der Waals surface area contributed by atoms with Crippen molar-refractivity contribution >= 4 is 64.8 Å². The molecule has 12 rings (SSSR count). The van der Waals surface area contributed by atoms with Gasteiger partial charge in [0.05, 0.1) is 27.6 Å². The van der Waals surface area contributed by atoms with E-state index in [9.17, 15) is 24.3 Å². The summed E-state index contributed by atoms with van der Waals surface area (Å²) >= 11 is 0. The van der Waals surface area contributed by atoms with E-state index in [1.807, 2.05) is 34.9 Å². The van der Waals surface area contributed by atoms with E-state index in [0.29, 0.717) is 90.2 Å². The van der Waals surface area contributed by atoms with Crippen molar-refractivity contribution in [3.8, 4) is 23.0 Å². The first-order valence-corrected chi connectivity index (χ1v) is 35.4. The number of fused-ring (bicyclic) bond motifs is 4. The highest BCUT2D eigenvalue weighted by molar-refractivity contribution is 6.78. The van der Waals surface area contributed by atoms with Crippen LogP contribution < -0.4 is 25.1 Å². The summed E-state index contributed by atoms with van der Waals surface area (Å²) in [5.41, 5.74) is 2.84. The fourth-order valence-electron chi connectivity index (χ4n) is 17.0. The van der Waals surface area contributed by atoms with Crippen LogP contribution in [0.4, 0.5) is 19.4 Å². The average Bonchev–Trinajstić information content (AvgIpc) is 1.05. The van der Waals surface area contributed by atoms with Gasteiger partial charge in [0, 0.05) is 64.0 Å². The zero-order valence-corrected chi connectivity index (χ0v) is 55.4. The molecule has 6 aliphatic heterocycles. The van der Waals surface area contributed by atoms with Crippen molar-refractivity contribution < 1.29 is 42.2 Å². The normalized spacial score (nSPS) is 23.9. The molecule has 0 bridgehead atoms. The SMILES string of the molecule is CCc1c(F)ccc2cc(O[Si](C(C)C)(C(C)C)C(C)C)cc(-c3ncc4c(N5CCC[C@@](C)(O)C5)nc(OC[C@@]56CCCN5[C@H](COC(=O)N5CCC(C)(CN7CCC(c8ccc9c(c8)n(C)c(=O)n9C8CCC(=O)NC8=O)CC7)CC5)CC6)nc4c3F)c12. The average molecular weight is 1260 g/mol. The molecule has 0 aliphatic carbocycles. The summed E-state index contributed by atoms with van der Waals surface area (Å²) in [5, 5.41) is 15.5. The number of aromatic nitrogens is 5. The lowest BCUT2D eigenvalue weighted by Crippen LogP contribution is -2.50. The molecule has 0 spiro atoms. The Morgan fingerprint density at radius 3 is 2.28 bits per heavy atom. The summed E-state index contributed by atoms with van der Waals surface area (Å²) < 4.78 is 57.2. The van der Waals surface area contributed by atoms with Crippen molar-refractivity contribution in [2.75, 3.05) is 70.5 Å². The first kappa shape index (κ1) is 63.6. The number of β-amino-alcohol motifs (C(OH)–C–C–N with tert-alkyl or cyclic N) is 1. The summed E-state index contributed by atoms with van der Waals surface area (Å²) in [6, 6.07) is 12.5. The van der Waals surface area contributed by atoms with E-state index in [0.717, 1.165) is 88.4 Å². The molecule has 21 heteroatoms. The summed E-state index contributed by atoms with van der Waals surface area (Å²) in [7, 11) is -0.752. The molecule has 1 unspecified atom stereocenters. The lowest BCUT2D eigenvalue weighted by molar-refractivity contribution is -0.135. The van der Waals surface area contributed by atoms with Crippen molar-refractivity contribution in [1.29, 1.82) is 0 Å². The van der Waals surface area contributed by atoms with Gasteiger partial charge in [0.2, 0.25) is 11.8 Å². The lowest BCUT2D eigenvalue weighted by atomic mass is 9.79. The van der Waals surface area contributed by atoms with Crippen LogP contribution in [0.25, 0.3) is 44.0 Å². The number of piperidine rings is 4. The van der Waals surface area contributed by atoms with Crippen molar-refractivity contribution in [3.05, 3.63) is 81.9 Å². The molecule has 9 heterocycles. The molecule has 2 N–H and O–H groups in total. The van der Waals surface area contributed by atoms with Crippen molar-refractivity contribution in [2.24, 2.45) is 12.5 Å². The molecule has 3 aromatic heterocycles. The van der Waals surface area contributed by atoms with Gasteiger partial charge in [-0.3, -0.25) is 33.9 Å². The number of likely N-dealkylation sites (tertiary alicyclic amines) is 2. The summed E-state index contributed by atoms with van der Waals surface area (Å²) in [6.07, 6.45) is 10.7. The van der Waals surface area contributed by atoms with E-state index in [1.54, 1.807) is 30.8 Å². The Hall–Kier alpha value is -6.55. The number of imidazole rings is 1. The monoisotopic (exact) mass is 1250 g/mol. The Kier molecular flexibility index (Phi) is 17.5. The second kappa shape index (κ2) is 24.8. The first-order chi connectivity index (χ1) is 42.9. The Labute approximate surface area is 528 Å². The Balaban J connectivity index is 0.706. The summed E-state index contributed by atoms with van der Waals surface area (Å²) in [5.74, 6) is -0.427. The fraction of sp³-hybridized carbons (Fsp3) is 0.609. The topological polar surface area (TPSA) is 190 Å². The molecule has 484 valence electrons. The maximum atomic E-state index is 18.1. The van der Waals surface area contributed by atoms with E-state index < -0.39 is 31.7 Å². The number of benzene rings is 3. The van der Waals surface area contributed by atoms with Crippen LogP contribution in [-0.2, 0) is 27.8 Å². The summed E-state index contributed by atoms with van der Waals surface area (Å²) in [6.45, 7) is 25.7. The number of amides is 3. The molecule has 6 saturated heterocycles. The summed E-state index contributed by atoms with van der Waals surface area (Å²) in [4.78, 5) is 75.4. The van der Waals surface area contributed by atoms with Crippen LogP contribution in [0.5, 0.6) is 11.8 Å². The smallest absolute Gasteiger partial charge is 0.409 e. The molecule has 6 aromatic rings. The Bertz CT molecular complexity index is 3780. The number of aliphatic hydroxyl groups is 1. The van der Waals surface area contributed by atoms with Crippen molar-refractivity contribution in [2.45, 2.75) is 192 Å². The van der Waals surface area contributed by atoms with Crippen LogP contribution in [0, 0.1) is 17.0 Å². The van der Waals surface area contributed by atoms with Gasteiger partial charge in [-0.2, -0.15) is 9.97 Å². The number of imide groups is 1. The number of hydrogen-bond donors (Lipinski definition) is 2. The van der Waals surface area contributed by atoms with Gasteiger partial charge in [0.1, 0.15) is 47.9 Å². The van der Waals surface area contributed by atoms with Gasteiger partial charge >= 0.3 is 17.8 Å². The number of ether oxygens (including phenoxy) is 2. The number of pyridine rings is 1. The number of aryl methyl sites for hydroxylation is 2. The number of rotatable bonds is 17. The highest BCUT2D eigenvalue weighted by atomic mass is 28.4. The molecule has 0 radical (unpaired) electrons. The highest BCUT2D eigenvalue weighted by Gasteiger charge is 2.51. The van der Waals surface area contributed by atoms with Crippen molar-refractivity contribution in [3.63, 3.8) is 0 Å². The molecule has 4 atom stereocenters. The second-order valence-corrected chi connectivity index (χ2v) is 34.1. The number of carbonyl (C=O) groups is 3. The van der Waals surface area contributed by atoms with Crippen LogP contribution in [0.15, 0.2) is 53.5 Å². The third kappa shape index (κ3) is 11.8. The first-order valence-electron chi connectivity index (χ1n) is 33.3. The Morgan fingerprint density at radius 1 is 0.844 bits per heavy atom. The van der Waals surface area contributed by atoms with Crippen LogP contribution in [0.1, 0.15) is 162 Å². The predicted molar refractivity (Wildman–Crippen MR) is 348 cm³/mol. The molecule has 0 saturated carbocycles. The standard InChI is InChI=1S/C69H92F2N10O8Si/c1-11-50-53(70)16-14-47-34-49(89-90(42(2)3,43(4)5)44(6)7)36-51(58(47)50)60-59(71)61-52(37-72-60)62(79-28-12-23-68(9,86)40-79)75-64(74-61)88-41-69-24-13-29-80(69)48(20-25-69)38-87-66(85)78-32-26-67(8,27-33-78)39-77-30-21-45(22-31-77)46-15-17-54-56(35-46)76(10)65(84)81(54)55-18-19-57(82)73-63(55)83/h14-17,34-37,42-45,48,55,86H,11-13,18-33,38-41H2,1-10H3,(H,73,82,83)/t48-,55?,68+,69-/m0/s1. The number of halogens is 2. The van der Waals surface area contributed by atoms with E-state index in [2.05, 4.69) is 75.7 Å². The maximum absolute atomic E-state index is 18.1. The van der Waals surface area contributed by atoms with Gasteiger partial charge in [-0.15, -0.1) is 0 Å². The van der Waals surface area contributed by atoms with E-state index in [4.69, 9.17) is 28.9 Å². The molecule has 6 fully saturated rings. The largest absolute Gasteiger partial charge is 0.543 e. The maximum Gasteiger partial charge on any atom is 0.409 e. The van der Waals surface area contributed by atoms with Crippen LogP contribution in [-0.4, -0.2) is 153 Å². The lowest BCUT2D eigenvalue weighted by Gasteiger charge is -2.43. The van der Waals surface area contributed by atoms with Gasteiger partial charge in [0.25, 0.3) is 8.32 Å². The Morgan fingerprint density at radius 2 is 1.58 bits per heavy atom. The number of nitrogens with one attached hydrogen (secondary N) is 1. The molecule has 3 aromatic carbocycles. The van der Waals surface area contributed by atoms with Crippen molar-refractivity contribution in [1.82, 2.24) is 44.1 Å². The zero-order valence-electron chi connectivity index (χ0n) is 54.4. The third-order valence-electron chi connectivity index (χ3n) is 21.8. The minimum atomic E-state index is -2.49. The minimum Gasteiger partial charge on any atom is -0.543 e. The second-order valence-electron chi connectivity index (χ2n) is 28.8. The predicted octanol–water partition coefficient (Wildman–Crippen LogP) is 11.7. The molecule has 18 nitrogen and oxygen atoms in total. The molecular weight excluding hydrogens is 1160 g/mol. The van der Waals surface area contributed by atoms with Crippen LogP contribution in [0.2, 0.25) is 16.6 Å². The molecule has 90 heavy (non-hydrogen) atoms. The van der Waals surface area contributed by atoms with Crippen LogP contribution >= 0.6 is 0 Å². The number of carbonyl (C=O) groups excluding carboxylic acids is 3. The number of nitrogens with zero attached hydrogens (tertiary/aromatic N) is 9. The quantitative estimate of drug-likeness (QED) is 0.0648. The van der Waals surface area contributed by atoms with E-state index >= 15 is 8.78 Å². The van der Waals surface area contributed by atoms with Gasteiger partial charge in [-0.25, -0.2) is 18.4 Å². The molecular formula is C69H92F2N10O8Si. The van der Waals surface area contributed by atoms with Gasteiger partial charge in [-0.05, 0) is 184 Å². The van der Waals surface area contributed by atoms with Gasteiger partial charge < -0.3 is 33.7 Å². The van der Waals surface area contributed by atoms with Gasteiger partial charge in [0.15, 0.2) is 5.82 Å². The van der Waals surface area contributed by atoms with E-state index in [1.165, 1.54) is 16.2 Å². The van der Waals surface area contributed by atoms with E-state index in [-0.39, 0.29) is 101 Å². The number of hydrogen-bond acceptors (Lipinski definition) is 14.